The van der Waals surface area contributed by atoms with Crippen molar-refractivity contribution in [1.82, 2.24) is 5.01 Å². The summed E-state index contributed by atoms with van der Waals surface area (Å²) in [5, 5.41) is 5.98. The highest BCUT2D eigenvalue weighted by molar-refractivity contribution is 7.92. The topological polar surface area (TPSA) is 92.0 Å². The number of anilines is 1. The first-order chi connectivity index (χ1) is 14.9. The molecule has 0 bridgehead atoms. The molecule has 7 nitrogen and oxygen atoms in total. The van der Waals surface area contributed by atoms with E-state index >= 15 is 0 Å². The fourth-order valence-electron chi connectivity index (χ4n) is 3.65. The Kier molecular flexibility index (Phi) is 5.65. The first kappa shape index (κ1) is 20.9. The third-order valence-electron chi connectivity index (χ3n) is 5.21. The Morgan fingerprint density at radius 3 is 2.58 bits per heavy atom. The van der Waals surface area contributed by atoms with E-state index in [2.05, 4.69) is 9.82 Å². The van der Waals surface area contributed by atoms with E-state index in [1.807, 2.05) is 12.1 Å². The molecule has 0 spiro atoms. The monoisotopic (exact) mass is 437 g/mol. The zero-order valence-corrected chi connectivity index (χ0v) is 18.1. The van der Waals surface area contributed by atoms with Gasteiger partial charge < -0.3 is 4.42 Å². The van der Waals surface area contributed by atoms with Gasteiger partial charge in [0, 0.05) is 18.4 Å². The van der Waals surface area contributed by atoms with E-state index in [-0.39, 0.29) is 16.8 Å². The van der Waals surface area contributed by atoms with Gasteiger partial charge in [-0.1, -0.05) is 43.3 Å². The van der Waals surface area contributed by atoms with Crippen LogP contribution in [0.4, 0.5) is 5.69 Å². The van der Waals surface area contributed by atoms with Crippen LogP contribution in [-0.4, -0.2) is 25.0 Å². The summed E-state index contributed by atoms with van der Waals surface area (Å²) in [7, 11) is -3.79. The fraction of sp³-hybridized carbons (Fsp3) is 0.217. The molecule has 160 valence electrons. The van der Waals surface area contributed by atoms with Gasteiger partial charge in [-0.15, -0.1) is 0 Å². The summed E-state index contributed by atoms with van der Waals surface area (Å²) in [6, 6.07) is 17.1. The van der Waals surface area contributed by atoms with Crippen molar-refractivity contribution in [3.8, 4) is 0 Å². The number of nitrogens with one attached hydrogen (secondary N) is 1. The Morgan fingerprint density at radius 1 is 1.13 bits per heavy atom. The molecule has 1 aliphatic heterocycles. The summed E-state index contributed by atoms with van der Waals surface area (Å²) in [4.78, 5) is 12.7. The molecule has 31 heavy (non-hydrogen) atoms. The molecule has 2 aromatic carbocycles. The quantitative estimate of drug-likeness (QED) is 0.616. The summed E-state index contributed by atoms with van der Waals surface area (Å²) < 4.78 is 34.3. The predicted molar refractivity (Wildman–Crippen MR) is 118 cm³/mol. The third kappa shape index (κ3) is 4.11. The number of carbonyl (C=O) groups excluding carboxylic acids is 1. The van der Waals surface area contributed by atoms with Gasteiger partial charge in [-0.2, -0.15) is 5.10 Å². The van der Waals surface area contributed by atoms with Crippen LogP contribution >= 0.6 is 0 Å². The second-order valence-electron chi connectivity index (χ2n) is 7.29. The minimum absolute atomic E-state index is 0.130. The van der Waals surface area contributed by atoms with E-state index in [1.54, 1.807) is 68.6 Å². The lowest BCUT2D eigenvalue weighted by Gasteiger charge is -2.18. The summed E-state index contributed by atoms with van der Waals surface area (Å²) in [5.74, 6) is 0.507. The largest absolute Gasteiger partial charge is 0.467 e. The number of amides is 1. The van der Waals surface area contributed by atoms with Crippen LogP contribution in [0.2, 0.25) is 0 Å². The fourth-order valence-corrected chi connectivity index (χ4v) is 4.98. The number of furan rings is 1. The number of aryl methyl sites for hydroxylation is 1. The van der Waals surface area contributed by atoms with E-state index < -0.39 is 10.0 Å². The molecule has 0 radical (unpaired) electrons. The number of nitrogens with zero attached hydrogens (tertiary/aromatic N) is 2. The Bertz CT molecular complexity index is 1230. The first-order valence-corrected chi connectivity index (χ1v) is 11.5. The van der Waals surface area contributed by atoms with Crippen molar-refractivity contribution in [3.05, 3.63) is 83.8 Å². The molecule has 0 fully saturated rings. The number of para-hydroxylation sites is 1. The van der Waals surface area contributed by atoms with E-state index in [0.29, 0.717) is 41.1 Å². The van der Waals surface area contributed by atoms with E-state index in [0.717, 1.165) is 0 Å². The molecule has 3 aromatic rings. The van der Waals surface area contributed by atoms with Gasteiger partial charge in [-0.25, -0.2) is 13.4 Å². The minimum atomic E-state index is -3.79. The molecule has 1 aliphatic rings. The maximum absolute atomic E-state index is 13.0. The summed E-state index contributed by atoms with van der Waals surface area (Å²) in [5.41, 5.74) is 2.31. The average molecular weight is 438 g/mol. The molecule has 1 aromatic heterocycles. The molecule has 1 unspecified atom stereocenters. The lowest BCUT2D eigenvalue weighted by Crippen LogP contribution is -2.25. The zero-order chi connectivity index (χ0) is 22.0. The van der Waals surface area contributed by atoms with Crippen LogP contribution in [-0.2, 0) is 14.8 Å². The highest BCUT2D eigenvalue weighted by Crippen LogP contribution is 2.35. The number of hydrogen-bond acceptors (Lipinski definition) is 5. The standard InChI is InChI=1S/C23H23N3O4S/c1-3-23(27)26-20(21-12-8-14-30-21)15-19(24-26)17-10-5-6-11-18(17)25-31(28,29)22-13-7-4-9-16(22)2/h4-14,20,25H,3,15H2,1-2H3. The van der Waals surface area contributed by atoms with Crippen LogP contribution < -0.4 is 4.72 Å². The molecule has 2 heterocycles. The predicted octanol–water partition coefficient (Wildman–Crippen LogP) is 4.48. The van der Waals surface area contributed by atoms with Crippen LogP contribution in [0.3, 0.4) is 0 Å². The number of hydrogen-bond donors (Lipinski definition) is 1. The molecular weight excluding hydrogens is 414 g/mol. The number of carbonyl (C=O) groups is 1. The average Bonchev–Trinajstić information content (AvgIpc) is 3.43. The normalized spacial score (nSPS) is 16.3. The molecule has 1 atom stereocenters. The Hall–Kier alpha value is -3.39. The van der Waals surface area contributed by atoms with Crippen molar-refractivity contribution in [2.24, 2.45) is 5.10 Å². The second kappa shape index (κ2) is 8.39. The lowest BCUT2D eigenvalue weighted by molar-refractivity contribution is -0.133. The second-order valence-corrected chi connectivity index (χ2v) is 8.94. The number of benzene rings is 2. The van der Waals surface area contributed by atoms with Gasteiger partial charge in [0.05, 0.1) is 22.6 Å². The number of rotatable bonds is 6. The van der Waals surface area contributed by atoms with Crippen LogP contribution in [0.15, 0.2) is 81.3 Å². The summed E-state index contributed by atoms with van der Waals surface area (Å²) in [6.07, 6.45) is 2.28. The lowest BCUT2D eigenvalue weighted by atomic mass is 10.0. The van der Waals surface area contributed by atoms with Gasteiger partial charge in [0.2, 0.25) is 5.91 Å². The highest BCUT2D eigenvalue weighted by Gasteiger charge is 2.35. The van der Waals surface area contributed by atoms with Crippen LogP contribution in [0.25, 0.3) is 0 Å². The minimum Gasteiger partial charge on any atom is -0.467 e. The molecular formula is C23H23N3O4S. The Morgan fingerprint density at radius 2 is 1.87 bits per heavy atom. The molecule has 0 saturated carbocycles. The summed E-state index contributed by atoms with van der Waals surface area (Å²) >= 11 is 0. The van der Waals surface area contributed by atoms with Crippen LogP contribution in [0.5, 0.6) is 0 Å². The molecule has 1 N–H and O–H groups in total. The zero-order valence-electron chi connectivity index (χ0n) is 17.3. The maximum Gasteiger partial charge on any atom is 0.262 e. The highest BCUT2D eigenvalue weighted by atomic mass is 32.2. The Labute approximate surface area is 181 Å². The smallest absolute Gasteiger partial charge is 0.262 e. The van der Waals surface area contributed by atoms with Gasteiger partial charge in [-0.3, -0.25) is 9.52 Å². The van der Waals surface area contributed by atoms with Gasteiger partial charge in [0.25, 0.3) is 10.0 Å². The van der Waals surface area contributed by atoms with Crippen LogP contribution in [0.1, 0.15) is 42.7 Å². The SMILES string of the molecule is CCC(=O)N1N=C(c2ccccc2NS(=O)(=O)c2ccccc2C)CC1c1ccco1. The molecule has 0 aliphatic carbocycles. The van der Waals surface area contributed by atoms with Gasteiger partial charge in [-0.05, 0) is 36.8 Å². The number of sulfonamides is 1. The van der Waals surface area contributed by atoms with Crippen molar-refractivity contribution in [3.63, 3.8) is 0 Å². The van der Waals surface area contributed by atoms with Gasteiger partial charge in [0.15, 0.2) is 0 Å². The van der Waals surface area contributed by atoms with E-state index in [9.17, 15) is 13.2 Å². The molecule has 4 rings (SSSR count). The van der Waals surface area contributed by atoms with E-state index in [4.69, 9.17) is 4.42 Å². The summed E-state index contributed by atoms with van der Waals surface area (Å²) in [6.45, 7) is 3.53. The van der Waals surface area contributed by atoms with E-state index in [1.165, 1.54) is 5.01 Å². The van der Waals surface area contributed by atoms with Gasteiger partial charge >= 0.3 is 0 Å². The van der Waals surface area contributed by atoms with Crippen molar-refractivity contribution < 1.29 is 17.6 Å². The Balaban J connectivity index is 1.70. The number of hydrazone groups is 1. The van der Waals surface area contributed by atoms with Crippen molar-refractivity contribution in [2.75, 3.05) is 4.72 Å². The third-order valence-corrected chi connectivity index (χ3v) is 6.73. The van der Waals surface area contributed by atoms with Gasteiger partial charge in [0.1, 0.15) is 11.8 Å². The molecule has 8 heteroatoms. The maximum atomic E-state index is 13.0. The van der Waals surface area contributed by atoms with Crippen LogP contribution in [0, 0.1) is 6.92 Å². The first-order valence-electron chi connectivity index (χ1n) is 10.0. The molecule has 1 amide bonds. The van der Waals surface area contributed by atoms with Crippen molar-refractivity contribution in [2.45, 2.75) is 37.6 Å². The van der Waals surface area contributed by atoms with Crippen molar-refractivity contribution in [1.29, 1.82) is 0 Å². The molecule has 0 saturated heterocycles. The van der Waals surface area contributed by atoms with Crippen molar-refractivity contribution >= 4 is 27.3 Å².